The number of ether oxygens (including phenoxy) is 2. The topological polar surface area (TPSA) is 58.9 Å². The molecule has 5 atom stereocenters. The molecule has 0 aromatic heterocycles. The first-order valence-corrected chi connectivity index (χ1v) is 11.3. The van der Waals surface area contributed by atoms with E-state index < -0.39 is 11.7 Å². The second kappa shape index (κ2) is 8.20. The lowest BCUT2D eigenvalue weighted by atomic mass is 9.45. The molecule has 0 amide bonds. The number of hydrogen-bond donors (Lipinski definition) is 2. The summed E-state index contributed by atoms with van der Waals surface area (Å²) in [5, 5.41) is 22.9. The summed E-state index contributed by atoms with van der Waals surface area (Å²) >= 11 is 0. The lowest BCUT2D eigenvalue weighted by Crippen LogP contribution is -2.57. The Morgan fingerprint density at radius 3 is 2.43 bits per heavy atom. The summed E-state index contributed by atoms with van der Waals surface area (Å²) in [6.07, 6.45) is 6.82. The van der Waals surface area contributed by atoms with Crippen LogP contribution in [0.15, 0.2) is 18.7 Å². The molecule has 4 heteroatoms. The highest BCUT2D eigenvalue weighted by Crippen LogP contribution is 2.63. The summed E-state index contributed by atoms with van der Waals surface area (Å²) in [4.78, 5) is 0. The summed E-state index contributed by atoms with van der Waals surface area (Å²) in [5.74, 6) is 1.69. The smallest absolute Gasteiger partial charge is 0.166 e. The molecule has 0 heterocycles. The number of fused-ring (bicyclic) bond motifs is 1. The lowest BCUT2D eigenvalue weighted by Gasteiger charge is -2.61. The molecule has 2 aliphatic rings. The van der Waals surface area contributed by atoms with Gasteiger partial charge in [0.1, 0.15) is 0 Å². The highest BCUT2D eigenvalue weighted by Gasteiger charge is 2.58. The molecule has 0 aliphatic heterocycles. The quantitative estimate of drug-likeness (QED) is 0.619. The SMILES string of the molecule is C=Cc1cc(OC)c(OC)c(C(O)C[C@@H]2[C@@]3(C)CCCC(C)(C)C3CC[C@@]2(C)O)c1. The Kier molecular flexibility index (Phi) is 6.33. The fourth-order valence-electron chi connectivity index (χ4n) is 6.88. The molecule has 2 unspecified atom stereocenters. The van der Waals surface area contributed by atoms with E-state index in [1.165, 1.54) is 12.8 Å². The van der Waals surface area contributed by atoms with Crippen molar-refractivity contribution in [3.8, 4) is 11.5 Å². The summed E-state index contributed by atoms with van der Waals surface area (Å²) in [6, 6.07) is 3.78. The van der Waals surface area contributed by atoms with Crippen LogP contribution < -0.4 is 9.47 Å². The summed E-state index contributed by atoms with van der Waals surface area (Å²) < 4.78 is 11.1. The average Bonchev–Trinajstić information content (AvgIpc) is 2.68. The van der Waals surface area contributed by atoms with Gasteiger partial charge in [-0.15, -0.1) is 0 Å². The molecule has 30 heavy (non-hydrogen) atoms. The summed E-state index contributed by atoms with van der Waals surface area (Å²) in [7, 11) is 3.20. The van der Waals surface area contributed by atoms with Crippen molar-refractivity contribution >= 4 is 6.08 Å². The molecule has 1 aromatic rings. The summed E-state index contributed by atoms with van der Waals surface area (Å²) in [6.45, 7) is 12.9. The third-order valence-electron chi connectivity index (χ3n) is 8.35. The largest absolute Gasteiger partial charge is 0.493 e. The van der Waals surface area contributed by atoms with Crippen LogP contribution in [-0.2, 0) is 0 Å². The van der Waals surface area contributed by atoms with E-state index in [9.17, 15) is 10.2 Å². The van der Waals surface area contributed by atoms with E-state index in [1.54, 1.807) is 20.3 Å². The number of rotatable bonds is 6. The molecule has 0 bridgehead atoms. The molecule has 4 nitrogen and oxygen atoms in total. The highest BCUT2D eigenvalue weighted by molar-refractivity contribution is 5.59. The Balaban J connectivity index is 2.00. The van der Waals surface area contributed by atoms with Gasteiger partial charge in [0, 0.05) is 5.56 Å². The normalized spacial score (nSPS) is 34.0. The first-order chi connectivity index (χ1) is 14.0. The monoisotopic (exact) mass is 416 g/mol. The number of aliphatic hydroxyl groups excluding tert-OH is 1. The van der Waals surface area contributed by atoms with Crippen LogP contribution in [0.5, 0.6) is 11.5 Å². The van der Waals surface area contributed by atoms with Crippen molar-refractivity contribution in [2.45, 2.75) is 77.9 Å². The van der Waals surface area contributed by atoms with Gasteiger partial charge >= 0.3 is 0 Å². The molecule has 3 rings (SSSR count). The zero-order chi connectivity index (χ0) is 22.3. The van der Waals surface area contributed by atoms with Crippen molar-refractivity contribution in [2.24, 2.45) is 22.7 Å². The Morgan fingerprint density at radius 1 is 1.13 bits per heavy atom. The van der Waals surface area contributed by atoms with Crippen molar-refractivity contribution in [1.29, 1.82) is 0 Å². The van der Waals surface area contributed by atoms with Gasteiger partial charge in [0.2, 0.25) is 0 Å². The van der Waals surface area contributed by atoms with E-state index in [0.717, 1.165) is 24.8 Å². The number of benzene rings is 1. The highest BCUT2D eigenvalue weighted by atomic mass is 16.5. The van der Waals surface area contributed by atoms with Crippen LogP contribution in [0.2, 0.25) is 0 Å². The second-order valence-corrected chi connectivity index (χ2v) is 10.7. The van der Waals surface area contributed by atoms with Crippen LogP contribution in [0.3, 0.4) is 0 Å². The number of aliphatic hydroxyl groups is 2. The molecular weight excluding hydrogens is 376 g/mol. The summed E-state index contributed by atoms with van der Waals surface area (Å²) in [5.41, 5.74) is 1.03. The fourth-order valence-corrected chi connectivity index (χ4v) is 6.88. The third kappa shape index (κ3) is 3.89. The standard InChI is InChI=1S/C26H40O4/c1-8-17-14-18(23(30-7)20(15-17)29-6)19(27)16-22-25(4)12-9-11-24(2,3)21(25)10-13-26(22,5)28/h8,14-15,19,21-22,27-28H,1,9-13,16H2,2-7H3/t19?,21?,22-,25+,26-/m1/s1. The van der Waals surface area contributed by atoms with Gasteiger partial charge in [-0.3, -0.25) is 0 Å². The molecule has 2 aliphatic carbocycles. The molecule has 0 radical (unpaired) electrons. The molecule has 168 valence electrons. The van der Waals surface area contributed by atoms with Gasteiger partial charge in [0.25, 0.3) is 0 Å². The molecule has 0 saturated heterocycles. The van der Waals surface area contributed by atoms with Gasteiger partial charge in [-0.25, -0.2) is 0 Å². The van der Waals surface area contributed by atoms with Crippen molar-refractivity contribution in [3.63, 3.8) is 0 Å². The van der Waals surface area contributed by atoms with Crippen LogP contribution in [0, 0.1) is 22.7 Å². The predicted octanol–water partition coefficient (Wildman–Crippen LogP) is 5.76. The Morgan fingerprint density at radius 2 is 1.83 bits per heavy atom. The Labute approximate surface area is 182 Å². The minimum atomic E-state index is -0.799. The zero-order valence-corrected chi connectivity index (χ0v) is 19.6. The van der Waals surface area contributed by atoms with E-state index in [2.05, 4.69) is 27.4 Å². The first kappa shape index (κ1) is 23.1. The number of hydrogen-bond acceptors (Lipinski definition) is 4. The van der Waals surface area contributed by atoms with E-state index >= 15 is 0 Å². The van der Waals surface area contributed by atoms with Crippen molar-refractivity contribution < 1.29 is 19.7 Å². The molecule has 2 saturated carbocycles. The van der Waals surface area contributed by atoms with Crippen molar-refractivity contribution in [2.75, 3.05) is 14.2 Å². The van der Waals surface area contributed by atoms with Crippen LogP contribution >= 0.6 is 0 Å². The molecule has 1 aromatic carbocycles. The molecule has 2 N–H and O–H groups in total. The van der Waals surface area contributed by atoms with Gasteiger partial charge in [0.15, 0.2) is 11.5 Å². The van der Waals surface area contributed by atoms with E-state index in [4.69, 9.17) is 9.47 Å². The van der Waals surface area contributed by atoms with Crippen LogP contribution in [0.25, 0.3) is 6.08 Å². The van der Waals surface area contributed by atoms with Gasteiger partial charge in [-0.1, -0.05) is 39.8 Å². The predicted molar refractivity (Wildman–Crippen MR) is 122 cm³/mol. The van der Waals surface area contributed by atoms with Gasteiger partial charge in [0.05, 0.1) is 25.9 Å². The van der Waals surface area contributed by atoms with Crippen molar-refractivity contribution in [1.82, 2.24) is 0 Å². The zero-order valence-electron chi connectivity index (χ0n) is 19.6. The third-order valence-corrected chi connectivity index (χ3v) is 8.35. The van der Waals surface area contributed by atoms with E-state index in [-0.39, 0.29) is 16.7 Å². The van der Waals surface area contributed by atoms with Crippen LogP contribution in [-0.4, -0.2) is 30.0 Å². The fraction of sp³-hybridized carbons (Fsp3) is 0.692. The average molecular weight is 417 g/mol. The maximum atomic E-state index is 11.4. The number of methoxy groups -OCH3 is 2. The first-order valence-electron chi connectivity index (χ1n) is 11.3. The molecule has 2 fully saturated rings. The lowest BCUT2D eigenvalue weighted by molar-refractivity contribution is -0.176. The van der Waals surface area contributed by atoms with E-state index in [1.807, 2.05) is 19.1 Å². The second-order valence-electron chi connectivity index (χ2n) is 10.7. The van der Waals surface area contributed by atoms with E-state index in [0.29, 0.717) is 29.4 Å². The Hall–Kier alpha value is -1.52. The van der Waals surface area contributed by atoms with Crippen molar-refractivity contribution in [3.05, 3.63) is 29.8 Å². The van der Waals surface area contributed by atoms with Gasteiger partial charge < -0.3 is 19.7 Å². The van der Waals surface area contributed by atoms with Crippen LogP contribution in [0.1, 0.15) is 83.5 Å². The minimum absolute atomic E-state index is 0.00131. The van der Waals surface area contributed by atoms with Crippen LogP contribution in [0.4, 0.5) is 0 Å². The van der Waals surface area contributed by atoms with Gasteiger partial charge in [-0.2, -0.15) is 0 Å². The molecule has 0 spiro atoms. The molecular formula is C26H40O4. The Bertz CT molecular complexity index is 781. The maximum absolute atomic E-state index is 11.4. The maximum Gasteiger partial charge on any atom is 0.166 e. The minimum Gasteiger partial charge on any atom is -0.493 e. The van der Waals surface area contributed by atoms with Gasteiger partial charge in [-0.05, 0) is 79.4 Å².